The Hall–Kier alpha value is -1.82. The zero-order valence-electron chi connectivity index (χ0n) is 11.0. The monoisotopic (exact) mass is 284 g/mol. The number of aromatic nitrogens is 1. The van der Waals surface area contributed by atoms with Crippen molar-refractivity contribution < 1.29 is 17.6 Å². The van der Waals surface area contributed by atoms with Gasteiger partial charge in [-0.3, -0.25) is 0 Å². The molecular weight excluding hydrogens is 269 g/mol. The zero-order chi connectivity index (χ0) is 14.6. The Kier molecular flexibility index (Phi) is 4.44. The van der Waals surface area contributed by atoms with Gasteiger partial charge in [0.2, 0.25) is 5.89 Å². The predicted octanol–water partition coefficient (Wildman–Crippen LogP) is 3.86. The largest absolute Gasteiger partial charge is 0.439 e. The van der Waals surface area contributed by atoms with Crippen LogP contribution in [0, 0.1) is 0 Å². The predicted molar refractivity (Wildman–Crippen MR) is 68.9 cm³/mol. The summed E-state index contributed by atoms with van der Waals surface area (Å²) < 4.78 is 44.1. The molecule has 1 aromatic carbocycles. The highest BCUT2D eigenvalue weighted by molar-refractivity contribution is 5.62. The van der Waals surface area contributed by atoms with E-state index in [9.17, 15) is 13.2 Å². The molecule has 0 spiro atoms. The number of hydrogen-bond donors (Lipinski definition) is 1. The van der Waals surface area contributed by atoms with E-state index in [4.69, 9.17) is 4.42 Å². The maximum absolute atomic E-state index is 12.9. The molecule has 3 nitrogen and oxygen atoms in total. The molecule has 2 rings (SSSR count). The summed E-state index contributed by atoms with van der Waals surface area (Å²) in [6, 6.07) is 5.31. The van der Waals surface area contributed by atoms with Gasteiger partial charge in [0.05, 0.1) is 18.3 Å². The van der Waals surface area contributed by atoms with Crippen molar-refractivity contribution >= 4 is 0 Å². The van der Waals surface area contributed by atoms with E-state index in [2.05, 4.69) is 10.3 Å². The van der Waals surface area contributed by atoms with Crippen LogP contribution in [0.15, 0.2) is 34.9 Å². The highest BCUT2D eigenvalue weighted by Gasteiger charge is 2.34. The van der Waals surface area contributed by atoms with E-state index in [0.29, 0.717) is 12.4 Å². The van der Waals surface area contributed by atoms with Gasteiger partial charge in [-0.1, -0.05) is 25.1 Å². The fourth-order valence-electron chi connectivity index (χ4n) is 1.83. The van der Waals surface area contributed by atoms with E-state index >= 15 is 0 Å². The van der Waals surface area contributed by atoms with Crippen LogP contribution in [0.1, 0.15) is 24.8 Å². The highest BCUT2D eigenvalue weighted by Crippen LogP contribution is 2.36. The summed E-state index contributed by atoms with van der Waals surface area (Å²) in [5.41, 5.74) is -0.710. The van der Waals surface area contributed by atoms with Crippen molar-refractivity contribution in [1.29, 1.82) is 0 Å². The molecule has 0 unspecified atom stereocenters. The van der Waals surface area contributed by atoms with Gasteiger partial charge in [-0.15, -0.1) is 0 Å². The lowest BCUT2D eigenvalue weighted by Crippen LogP contribution is -2.13. The summed E-state index contributed by atoms with van der Waals surface area (Å²) >= 11 is 0. The molecule has 1 aromatic heterocycles. The number of alkyl halides is 3. The average Bonchev–Trinajstić information content (AvgIpc) is 2.87. The summed E-state index contributed by atoms with van der Waals surface area (Å²) in [7, 11) is 0. The normalized spacial score (nSPS) is 11.8. The van der Waals surface area contributed by atoms with Crippen LogP contribution >= 0.6 is 0 Å². The quantitative estimate of drug-likeness (QED) is 0.847. The van der Waals surface area contributed by atoms with Crippen LogP contribution in [0.4, 0.5) is 13.2 Å². The van der Waals surface area contributed by atoms with Crippen LogP contribution in [0.3, 0.4) is 0 Å². The van der Waals surface area contributed by atoms with E-state index in [-0.39, 0.29) is 11.3 Å². The molecule has 1 heterocycles. The number of halogens is 3. The van der Waals surface area contributed by atoms with Crippen LogP contribution in [-0.2, 0) is 12.7 Å². The molecule has 1 N–H and O–H groups in total. The minimum Gasteiger partial charge on any atom is -0.439 e. The third-order valence-electron chi connectivity index (χ3n) is 2.75. The number of nitrogens with one attached hydrogen (secondary N) is 1. The summed E-state index contributed by atoms with van der Waals surface area (Å²) in [5.74, 6) is 0.511. The summed E-state index contributed by atoms with van der Waals surface area (Å²) in [4.78, 5) is 3.99. The van der Waals surface area contributed by atoms with Crippen molar-refractivity contribution in [2.24, 2.45) is 0 Å². The van der Waals surface area contributed by atoms with Gasteiger partial charge in [0.1, 0.15) is 0 Å². The molecule has 0 aliphatic carbocycles. The number of hydrogen-bond acceptors (Lipinski definition) is 3. The smallest absolute Gasteiger partial charge is 0.417 e. The van der Waals surface area contributed by atoms with Crippen molar-refractivity contribution in [3.63, 3.8) is 0 Å². The van der Waals surface area contributed by atoms with E-state index in [0.717, 1.165) is 19.0 Å². The van der Waals surface area contributed by atoms with Crippen molar-refractivity contribution in [3.8, 4) is 11.3 Å². The topological polar surface area (TPSA) is 38.1 Å². The molecule has 6 heteroatoms. The van der Waals surface area contributed by atoms with Crippen molar-refractivity contribution in [1.82, 2.24) is 10.3 Å². The van der Waals surface area contributed by atoms with Crippen LogP contribution < -0.4 is 5.32 Å². The van der Waals surface area contributed by atoms with Gasteiger partial charge in [-0.2, -0.15) is 13.2 Å². The van der Waals surface area contributed by atoms with Gasteiger partial charge in [-0.05, 0) is 19.0 Å². The summed E-state index contributed by atoms with van der Waals surface area (Å²) in [5, 5.41) is 3.08. The second-order valence-corrected chi connectivity index (χ2v) is 4.34. The molecule has 0 saturated heterocycles. The number of nitrogens with zero attached hydrogens (tertiary/aromatic N) is 1. The first-order valence-corrected chi connectivity index (χ1v) is 6.34. The minimum absolute atomic E-state index is 0.00856. The average molecular weight is 284 g/mol. The van der Waals surface area contributed by atoms with Gasteiger partial charge in [0, 0.05) is 5.56 Å². The molecule has 2 aromatic rings. The van der Waals surface area contributed by atoms with E-state index in [1.807, 2.05) is 6.92 Å². The SMILES string of the molecule is CCCNCc1ncc(-c2ccccc2C(F)(F)F)o1. The number of rotatable bonds is 5. The first kappa shape index (κ1) is 14.6. The second-order valence-electron chi connectivity index (χ2n) is 4.34. The third kappa shape index (κ3) is 3.39. The molecule has 108 valence electrons. The van der Waals surface area contributed by atoms with Gasteiger partial charge in [0.25, 0.3) is 0 Å². The Morgan fingerprint density at radius 1 is 1.25 bits per heavy atom. The van der Waals surface area contributed by atoms with Crippen LogP contribution in [0.2, 0.25) is 0 Å². The lowest BCUT2D eigenvalue weighted by Gasteiger charge is -2.10. The first-order chi connectivity index (χ1) is 9.52. The number of oxazole rings is 1. The Balaban J connectivity index is 2.24. The minimum atomic E-state index is -4.41. The molecule has 20 heavy (non-hydrogen) atoms. The molecule has 0 bridgehead atoms. The summed E-state index contributed by atoms with van der Waals surface area (Å²) in [6.45, 7) is 3.23. The first-order valence-electron chi connectivity index (χ1n) is 6.34. The number of benzene rings is 1. The fourth-order valence-corrected chi connectivity index (χ4v) is 1.83. The van der Waals surface area contributed by atoms with Crippen molar-refractivity contribution in [2.45, 2.75) is 26.1 Å². The van der Waals surface area contributed by atoms with Gasteiger partial charge < -0.3 is 9.73 Å². The maximum Gasteiger partial charge on any atom is 0.417 e. The van der Waals surface area contributed by atoms with Crippen LogP contribution in [0.5, 0.6) is 0 Å². The molecule has 0 aliphatic heterocycles. The lowest BCUT2D eigenvalue weighted by atomic mass is 10.1. The Bertz CT molecular complexity index is 564. The summed E-state index contributed by atoms with van der Waals surface area (Å²) in [6.07, 6.45) is -2.12. The Labute approximate surface area is 114 Å². The van der Waals surface area contributed by atoms with Crippen LogP contribution in [-0.4, -0.2) is 11.5 Å². The lowest BCUT2D eigenvalue weighted by molar-refractivity contribution is -0.137. The molecular formula is C14H15F3N2O. The molecule has 0 amide bonds. The van der Waals surface area contributed by atoms with E-state index < -0.39 is 11.7 Å². The highest BCUT2D eigenvalue weighted by atomic mass is 19.4. The standard InChI is InChI=1S/C14H15F3N2O/c1-2-7-18-9-13-19-8-12(20-13)10-5-3-4-6-11(10)14(15,16)17/h3-6,8,18H,2,7,9H2,1H3. The molecule has 0 saturated carbocycles. The maximum atomic E-state index is 12.9. The van der Waals surface area contributed by atoms with E-state index in [1.54, 1.807) is 6.07 Å². The van der Waals surface area contributed by atoms with Crippen molar-refractivity contribution in [2.75, 3.05) is 6.54 Å². The van der Waals surface area contributed by atoms with Gasteiger partial charge in [0.15, 0.2) is 5.76 Å². The molecule has 0 fully saturated rings. The molecule has 0 atom stereocenters. The molecule has 0 aliphatic rings. The van der Waals surface area contributed by atoms with E-state index in [1.165, 1.54) is 18.3 Å². The Morgan fingerprint density at radius 3 is 2.70 bits per heavy atom. The Morgan fingerprint density at radius 2 is 2.00 bits per heavy atom. The van der Waals surface area contributed by atoms with Gasteiger partial charge in [-0.25, -0.2) is 4.98 Å². The van der Waals surface area contributed by atoms with Gasteiger partial charge >= 0.3 is 6.18 Å². The third-order valence-corrected chi connectivity index (χ3v) is 2.75. The zero-order valence-corrected chi connectivity index (χ0v) is 11.0. The van der Waals surface area contributed by atoms with Crippen LogP contribution in [0.25, 0.3) is 11.3 Å². The fraction of sp³-hybridized carbons (Fsp3) is 0.357. The second kappa shape index (κ2) is 6.09. The molecule has 0 radical (unpaired) electrons. The van der Waals surface area contributed by atoms with Crippen molar-refractivity contribution in [3.05, 3.63) is 41.9 Å².